The predicted octanol–water partition coefficient (Wildman–Crippen LogP) is 2.70. The van der Waals surface area contributed by atoms with E-state index in [4.69, 9.17) is 0 Å². The van der Waals surface area contributed by atoms with Crippen molar-refractivity contribution in [2.24, 2.45) is 0 Å². The molecule has 0 spiro atoms. The first kappa shape index (κ1) is 8.85. The minimum atomic E-state index is 0.973. The van der Waals surface area contributed by atoms with Crippen molar-refractivity contribution in [2.75, 3.05) is 18.5 Å². The summed E-state index contributed by atoms with van der Waals surface area (Å²) in [5.74, 6) is 0. The zero-order chi connectivity index (χ0) is 8.81. The lowest BCUT2D eigenvalue weighted by Gasteiger charge is -2.16. The van der Waals surface area contributed by atoms with Crippen molar-refractivity contribution in [2.45, 2.75) is 6.92 Å². The Morgan fingerprint density at radius 3 is 2.50 bits per heavy atom. The third-order valence-corrected chi connectivity index (χ3v) is 1.81. The Morgan fingerprint density at radius 2 is 1.92 bits per heavy atom. The molecule has 0 N–H and O–H groups in total. The van der Waals surface area contributed by atoms with Crippen LogP contribution < -0.4 is 4.90 Å². The van der Waals surface area contributed by atoms with Crippen LogP contribution in [0.3, 0.4) is 0 Å². The van der Waals surface area contributed by atoms with Gasteiger partial charge < -0.3 is 4.90 Å². The van der Waals surface area contributed by atoms with E-state index < -0.39 is 0 Å². The number of benzene rings is 1. The van der Waals surface area contributed by atoms with E-state index in [0.29, 0.717) is 0 Å². The third-order valence-electron chi connectivity index (χ3n) is 1.81. The molecule has 1 heteroatoms. The van der Waals surface area contributed by atoms with E-state index in [0.717, 1.165) is 6.54 Å². The Labute approximate surface area is 74.3 Å². The minimum Gasteiger partial charge on any atom is -0.371 e. The lowest BCUT2D eigenvalue weighted by molar-refractivity contribution is 1.03. The molecule has 0 saturated carbocycles. The average molecular weight is 161 g/mol. The van der Waals surface area contributed by atoms with Crippen molar-refractivity contribution in [1.29, 1.82) is 0 Å². The summed E-state index contributed by atoms with van der Waals surface area (Å²) in [5, 5.41) is 0. The van der Waals surface area contributed by atoms with Crippen LogP contribution in [-0.4, -0.2) is 13.6 Å². The monoisotopic (exact) mass is 161 g/mol. The van der Waals surface area contributed by atoms with E-state index in [1.54, 1.807) is 0 Å². The van der Waals surface area contributed by atoms with Crippen molar-refractivity contribution in [3.05, 3.63) is 42.5 Å². The molecule has 0 atom stereocenters. The van der Waals surface area contributed by atoms with E-state index >= 15 is 0 Å². The summed E-state index contributed by atoms with van der Waals surface area (Å²) in [6.07, 6.45) is 4.21. The second-order valence-electron chi connectivity index (χ2n) is 2.79. The molecule has 0 aliphatic heterocycles. The first-order chi connectivity index (χ1) is 5.84. The summed E-state index contributed by atoms with van der Waals surface area (Å²) in [5.41, 5.74) is 1.26. The van der Waals surface area contributed by atoms with Crippen LogP contribution in [0.1, 0.15) is 6.92 Å². The van der Waals surface area contributed by atoms with Crippen molar-refractivity contribution in [3.63, 3.8) is 0 Å². The quantitative estimate of drug-likeness (QED) is 0.616. The Morgan fingerprint density at radius 1 is 1.25 bits per heavy atom. The summed E-state index contributed by atoms with van der Waals surface area (Å²) in [6.45, 7) is 3.01. The van der Waals surface area contributed by atoms with E-state index in [1.165, 1.54) is 5.69 Å². The maximum atomic E-state index is 2.21. The summed E-state index contributed by atoms with van der Waals surface area (Å²) < 4.78 is 0. The Bertz CT molecular complexity index is 238. The molecule has 1 aromatic rings. The predicted molar refractivity (Wildman–Crippen MR) is 54.5 cm³/mol. The van der Waals surface area contributed by atoms with Gasteiger partial charge >= 0.3 is 0 Å². The first-order valence-electron chi connectivity index (χ1n) is 4.22. The lowest BCUT2D eigenvalue weighted by Crippen LogP contribution is -2.16. The highest BCUT2D eigenvalue weighted by molar-refractivity contribution is 5.45. The number of likely N-dealkylation sites (N-methyl/N-ethyl adjacent to an activating group) is 1. The van der Waals surface area contributed by atoms with Gasteiger partial charge in [0.15, 0.2) is 0 Å². The van der Waals surface area contributed by atoms with Gasteiger partial charge in [-0.2, -0.15) is 0 Å². The number of para-hydroxylation sites is 1. The molecule has 0 aromatic heterocycles. The molecule has 0 radical (unpaired) electrons. The van der Waals surface area contributed by atoms with Gasteiger partial charge in [-0.15, -0.1) is 0 Å². The van der Waals surface area contributed by atoms with Gasteiger partial charge in [-0.05, 0) is 19.1 Å². The number of hydrogen-bond acceptors (Lipinski definition) is 1. The third kappa shape index (κ3) is 2.42. The number of rotatable bonds is 3. The summed E-state index contributed by atoms with van der Waals surface area (Å²) >= 11 is 0. The zero-order valence-corrected chi connectivity index (χ0v) is 7.70. The molecule has 12 heavy (non-hydrogen) atoms. The van der Waals surface area contributed by atoms with Gasteiger partial charge in [0, 0.05) is 19.3 Å². The minimum absolute atomic E-state index is 0.973. The second kappa shape index (κ2) is 4.60. The van der Waals surface area contributed by atoms with E-state index in [-0.39, 0.29) is 0 Å². The molecule has 0 amide bonds. The van der Waals surface area contributed by atoms with Gasteiger partial charge in [-0.1, -0.05) is 30.4 Å². The van der Waals surface area contributed by atoms with Crippen LogP contribution in [-0.2, 0) is 0 Å². The second-order valence-corrected chi connectivity index (χ2v) is 2.79. The average Bonchev–Trinajstić information content (AvgIpc) is 2.15. The Hall–Kier alpha value is -1.24. The van der Waals surface area contributed by atoms with E-state index in [9.17, 15) is 0 Å². The molecule has 64 valence electrons. The SMILES string of the molecule is C/C=C/CN(C)c1ccccc1. The molecule has 1 nitrogen and oxygen atoms in total. The molecule has 0 fully saturated rings. The number of allylic oxidation sites excluding steroid dienone is 1. The molecule has 1 aromatic carbocycles. The highest BCUT2D eigenvalue weighted by Gasteiger charge is 1.94. The Balaban J connectivity index is 2.59. The van der Waals surface area contributed by atoms with Crippen molar-refractivity contribution in [1.82, 2.24) is 0 Å². The van der Waals surface area contributed by atoms with Crippen LogP contribution in [0.5, 0.6) is 0 Å². The topological polar surface area (TPSA) is 3.24 Å². The van der Waals surface area contributed by atoms with Gasteiger partial charge in [0.05, 0.1) is 0 Å². The van der Waals surface area contributed by atoms with Crippen molar-refractivity contribution in [3.8, 4) is 0 Å². The standard InChI is InChI=1S/C11H15N/c1-3-4-10-12(2)11-8-6-5-7-9-11/h3-9H,10H2,1-2H3/b4-3+. The van der Waals surface area contributed by atoms with Gasteiger partial charge in [-0.25, -0.2) is 0 Å². The molecule has 1 rings (SSSR count). The summed E-state index contributed by atoms with van der Waals surface area (Å²) in [7, 11) is 2.09. The lowest BCUT2D eigenvalue weighted by atomic mass is 10.3. The maximum Gasteiger partial charge on any atom is 0.0366 e. The molecule has 0 saturated heterocycles. The molecule has 0 aliphatic carbocycles. The zero-order valence-electron chi connectivity index (χ0n) is 7.70. The maximum absolute atomic E-state index is 2.21. The number of anilines is 1. The molecular weight excluding hydrogens is 146 g/mol. The van der Waals surface area contributed by atoms with Gasteiger partial charge in [0.2, 0.25) is 0 Å². The molecular formula is C11H15N. The number of nitrogens with zero attached hydrogens (tertiary/aromatic N) is 1. The van der Waals surface area contributed by atoms with E-state index in [2.05, 4.69) is 48.4 Å². The fraction of sp³-hybridized carbons (Fsp3) is 0.273. The fourth-order valence-corrected chi connectivity index (χ4v) is 1.05. The van der Waals surface area contributed by atoms with E-state index in [1.807, 2.05) is 13.0 Å². The Kier molecular flexibility index (Phi) is 3.39. The first-order valence-corrected chi connectivity index (χ1v) is 4.22. The molecule has 0 aliphatic rings. The van der Waals surface area contributed by atoms with Crippen LogP contribution in [0.15, 0.2) is 42.5 Å². The highest BCUT2D eigenvalue weighted by atomic mass is 15.1. The molecule has 0 heterocycles. The number of hydrogen-bond donors (Lipinski definition) is 0. The largest absolute Gasteiger partial charge is 0.371 e. The van der Waals surface area contributed by atoms with Crippen LogP contribution in [0, 0.1) is 0 Å². The molecule has 0 bridgehead atoms. The molecule has 0 unspecified atom stereocenters. The van der Waals surface area contributed by atoms with Crippen molar-refractivity contribution >= 4 is 5.69 Å². The summed E-state index contributed by atoms with van der Waals surface area (Å²) in [6, 6.07) is 10.4. The normalized spacial score (nSPS) is 10.5. The highest BCUT2D eigenvalue weighted by Crippen LogP contribution is 2.09. The summed E-state index contributed by atoms with van der Waals surface area (Å²) in [4.78, 5) is 2.21. The van der Waals surface area contributed by atoms with Crippen LogP contribution in [0.2, 0.25) is 0 Å². The van der Waals surface area contributed by atoms with Crippen LogP contribution in [0.25, 0.3) is 0 Å². The van der Waals surface area contributed by atoms with Crippen LogP contribution in [0.4, 0.5) is 5.69 Å². The van der Waals surface area contributed by atoms with Gasteiger partial charge in [0.1, 0.15) is 0 Å². The smallest absolute Gasteiger partial charge is 0.0366 e. The van der Waals surface area contributed by atoms with Gasteiger partial charge in [0.25, 0.3) is 0 Å². The van der Waals surface area contributed by atoms with Gasteiger partial charge in [-0.3, -0.25) is 0 Å². The van der Waals surface area contributed by atoms with Crippen molar-refractivity contribution < 1.29 is 0 Å². The fourth-order valence-electron chi connectivity index (χ4n) is 1.05. The van der Waals surface area contributed by atoms with Crippen LogP contribution >= 0.6 is 0 Å².